The average molecular weight is 493 g/mol. The Morgan fingerprint density at radius 2 is 1.69 bits per heavy atom. The van der Waals surface area contributed by atoms with Crippen LogP contribution in [0.2, 0.25) is 0 Å². The number of carbonyl (C=O) groups excluding carboxylic acids is 4. The van der Waals surface area contributed by atoms with Crippen LogP contribution in [0, 0.1) is 0 Å². The van der Waals surface area contributed by atoms with Crippen LogP contribution in [0.3, 0.4) is 0 Å². The van der Waals surface area contributed by atoms with Crippen molar-refractivity contribution >= 4 is 24.0 Å². The second-order valence-corrected chi connectivity index (χ2v) is 8.59. The number of esters is 3. The molecule has 1 aliphatic heterocycles. The molecular weight excluding hydrogens is 464 g/mol. The van der Waals surface area contributed by atoms with E-state index >= 15 is 0 Å². The van der Waals surface area contributed by atoms with Crippen molar-refractivity contribution in [3.63, 3.8) is 0 Å². The van der Waals surface area contributed by atoms with E-state index in [4.69, 9.17) is 14.2 Å². The van der Waals surface area contributed by atoms with Gasteiger partial charge in [-0.1, -0.05) is 61.2 Å². The first-order valence-corrected chi connectivity index (χ1v) is 11.8. The van der Waals surface area contributed by atoms with E-state index in [0.29, 0.717) is 13.0 Å². The number of rotatable bonds is 9. The maximum Gasteiger partial charge on any atom is 0.407 e. The van der Waals surface area contributed by atoms with Crippen LogP contribution >= 0.6 is 0 Å². The van der Waals surface area contributed by atoms with Crippen molar-refractivity contribution in [1.29, 1.82) is 0 Å². The molecule has 1 unspecified atom stereocenters. The number of alkyl carbamates (subject to hydrolysis) is 1. The molecule has 1 aliphatic carbocycles. The quantitative estimate of drug-likeness (QED) is 0.237. The number of carbonyl (C=O) groups is 4. The van der Waals surface area contributed by atoms with Gasteiger partial charge in [-0.05, 0) is 41.6 Å². The Kier molecular flexibility index (Phi) is 8.12. The average Bonchev–Trinajstić information content (AvgIpc) is 3.53. The van der Waals surface area contributed by atoms with E-state index in [9.17, 15) is 19.2 Å². The van der Waals surface area contributed by atoms with Crippen LogP contribution in [0.15, 0.2) is 61.2 Å². The lowest BCUT2D eigenvalue weighted by molar-refractivity contribution is -0.164. The van der Waals surface area contributed by atoms with Crippen LogP contribution in [0.4, 0.5) is 4.79 Å². The van der Waals surface area contributed by atoms with Crippen molar-refractivity contribution in [2.45, 2.75) is 37.3 Å². The van der Waals surface area contributed by atoms with Crippen molar-refractivity contribution < 1.29 is 33.4 Å². The summed E-state index contributed by atoms with van der Waals surface area (Å²) < 4.78 is 15.3. The first-order valence-electron chi connectivity index (χ1n) is 11.8. The summed E-state index contributed by atoms with van der Waals surface area (Å²) in [6, 6.07) is 13.7. The Morgan fingerprint density at radius 1 is 1.03 bits per heavy atom. The monoisotopic (exact) mass is 492 g/mol. The van der Waals surface area contributed by atoms with Gasteiger partial charge in [-0.2, -0.15) is 0 Å². The van der Waals surface area contributed by atoms with Gasteiger partial charge in [0.05, 0.1) is 6.42 Å². The van der Waals surface area contributed by atoms with Crippen LogP contribution in [0.5, 0.6) is 0 Å². The highest BCUT2D eigenvalue weighted by atomic mass is 16.6. The maximum atomic E-state index is 12.7. The van der Waals surface area contributed by atoms with E-state index in [1.54, 1.807) is 0 Å². The summed E-state index contributed by atoms with van der Waals surface area (Å²) in [7, 11) is 0. The van der Waals surface area contributed by atoms with Gasteiger partial charge >= 0.3 is 24.0 Å². The third kappa shape index (κ3) is 5.80. The molecule has 2 aliphatic rings. The summed E-state index contributed by atoms with van der Waals surface area (Å²) >= 11 is 0. The first kappa shape index (κ1) is 25.1. The van der Waals surface area contributed by atoms with Crippen molar-refractivity contribution in [3.8, 4) is 11.1 Å². The van der Waals surface area contributed by atoms with Crippen molar-refractivity contribution in [1.82, 2.24) is 10.6 Å². The number of ether oxygens (including phenoxy) is 3. The zero-order valence-corrected chi connectivity index (χ0v) is 19.7. The minimum absolute atomic E-state index is 0.0213. The van der Waals surface area contributed by atoms with Gasteiger partial charge in [-0.15, -0.1) is 0 Å². The van der Waals surface area contributed by atoms with E-state index in [0.717, 1.165) is 28.7 Å². The summed E-state index contributed by atoms with van der Waals surface area (Å²) in [4.78, 5) is 49.7. The summed E-state index contributed by atoms with van der Waals surface area (Å²) in [5.74, 6) is -2.75. The van der Waals surface area contributed by atoms with Crippen molar-refractivity contribution in [3.05, 3.63) is 72.3 Å². The van der Waals surface area contributed by atoms with E-state index < -0.39 is 42.5 Å². The van der Waals surface area contributed by atoms with Crippen LogP contribution in [0.1, 0.15) is 36.3 Å². The topological polar surface area (TPSA) is 120 Å². The number of amides is 1. The molecule has 1 amide bonds. The van der Waals surface area contributed by atoms with Gasteiger partial charge in [0, 0.05) is 5.92 Å². The van der Waals surface area contributed by atoms with Crippen LogP contribution in [0.25, 0.3) is 11.1 Å². The third-order valence-corrected chi connectivity index (χ3v) is 6.20. The molecule has 1 heterocycles. The molecule has 1 saturated heterocycles. The van der Waals surface area contributed by atoms with Crippen LogP contribution in [-0.2, 0) is 28.6 Å². The Bertz CT molecular complexity index is 1110. The molecule has 0 bridgehead atoms. The second kappa shape index (κ2) is 11.6. The van der Waals surface area contributed by atoms with E-state index in [-0.39, 0.29) is 19.1 Å². The molecule has 36 heavy (non-hydrogen) atoms. The highest BCUT2D eigenvalue weighted by molar-refractivity contribution is 5.94. The SMILES string of the molecule is C=CCOC(=O)C[C@H](NC(=O)OCC1c2ccccc2-c2ccccc21)C(=O)OC(=O)C1CCCN1. The highest BCUT2D eigenvalue weighted by Gasteiger charge is 2.33. The van der Waals surface area contributed by atoms with Gasteiger partial charge in [0.15, 0.2) is 0 Å². The second-order valence-electron chi connectivity index (χ2n) is 8.59. The van der Waals surface area contributed by atoms with E-state index in [1.165, 1.54) is 6.08 Å². The standard InChI is InChI=1S/C27H28N2O7/c1-2-14-34-24(30)15-23(26(32)36-25(31)22-12-7-13-28-22)29-27(33)35-16-21-19-10-5-3-8-17(19)18-9-4-6-11-20(18)21/h2-6,8-11,21-23,28H,1,7,12-16H2,(H,29,33)/t22?,23-/m0/s1. The molecule has 2 N–H and O–H groups in total. The number of benzene rings is 2. The summed E-state index contributed by atoms with van der Waals surface area (Å²) in [5.41, 5.74) is 4.22. The maximum absolute atomic E-state index is 12.7. The first-order chi connectivity index (χ1) is 17.5. The lowest BCUT2D eigenvalue weighted by atomic mass is 9.98. The van der Waals surface area contributed by atoms with Gasteiger partial charge in [0.25, 0.3) is 0 Å². The summed E-state index contributed by atoms with van der Waals surface area (Å²) in [5, 5.41) is 5.29. The largest absolute Gasteiger partial charge is 0.461 e. The lowest BCUT2D eigenvalue weighted by Gasteiger charge is -2.19. The molecular formula is C27H28N2O7. The highest BCUT2D eigenvalue weighted by Crippen LogP contribution is 2.44. The molecule has 0 saturated carbocycles. The lowest BCUT2D eigenvalue weighted by Crippen LogP contribution is -2.46. The predicted octanol–water partition coefficient (Wildman–Crippen LogP) is 2.83. The Morgan fingerprint density at radius 3 is 2.31 bits per heavy atom. The molecule has 188 valence electrons. The van der Waals surface area contributed by atoms with E-state index in [2.05, 4.69) is 17.2 Å². The number of nitrogens with one attached hydrogen (secondary N) is 2. The number of hydrogen-bond donors (Lipinski definition) is 2. The van der Waals surface area contributed by atoms with Crippen molar-refractivity contribution in [2.24, 2.45) is 0 Å². The molecule has 2 atom stereocenters. The van der Waals surface area contributed by atoms with Crippen LogP contribution < -0.4 is 10.6 Å². The molecule has 0 spiro atoms. The zero-order chi connectivity index (χ0) is 25.5. The third-order valence-electron chi connectivity index (χ3n) is 6.20. The number of hydrogen-bond acceptors (Lipinski definition) is 8. The molecule has 4 rings (SSSR count). The minimum Gasteiger partial charge on any atom is -0.461 e. The fourth-order valence-electron chi connectivity index (χ4n) is 4.48. The molecule has 0 radical (unpaired) electrons. The van der Waals surface area contributed by atoms with Gasteiger partial charge < -0.3 is 24.8 Å². The summed E-state index contributed by atoms with van der Waals surface area (Å²) in [6.07, 6.45) is 1.25. The smallest absolute Gasteiger partial charge is 0.407 e. The molecule has 2 aromatic carbocycles. The van der Waals surface area contributed by atoms with Gasteiger partial charge in [0.2, 0.25) is 0 Å². The zero-order valence-electron chi connectivity index (χ0n) is 19.7. The van der Waals surface area contributed by atoms with Gasteiger partial charge in [0.1, 0.15) is 25.3 Å². The fraction of sp³-hybridized carbons (Fsp3) is 0.333. The Balaban J connectivity index is 1.41. The summed E-state index contributed by atoms with van der Waals surface area (Å²) in [6.45, 7) is 4.07. The van der Waals surface area contributed by atoms with Gasteiger partial charge in [-0.3, -0.25) is 4.79 Å². The predicted molar refractivity (Wildman–Crippen MR) is 130 cm³/mol. The molecule has 9 nitrogen and oxygen atoms in total. The number of fused-ring (bicyclic) bond motifs is 3. The molecule has 1 fully saturated rings. The fourth-order valence-corrected chi connectivity index (χ4v) is 4.48. The molecule has 2 aromatic rings. The Labute approximate surface area is 208 Å². The van der Waals surface area contributed by atoms with Crippen molar-refractivity contribution in [2.75, 3.05) is 19.8 Å². The Hall–Kier alpha value is -3.98. The molecule has 9 heteroatoms. The normalized spacial score (nSPS) is 16.8. The van der Waals surface area contributed by atoms with Crippen LogP contribution in [-0.4, -0.2) is 55.8 Å². The minimum atomic E-state index is -1.46. The van der Waals surface area contributed by atoms with Gasteiger partial charge in [-0.25, -0.2) is 14.4 Å². The van der Waals surface area contributed by atoms with E-state index in [1.807, 2.05) is 48.5 Å². The molecule has 0 aromatic heterocycles.